The molecular formula is C16H20. The molecule has 1 saturated carbocycles. The summed E-state index contributed by atoms with van der Waals surface area (Å²) < 4.78 is 0. The number of hydrogen-bond donors (Lipinski definition) is 0. The average Bonchev–Trinajstić information content (AvgIpc) is 2.26. The van der Waals surface area contributed by atoms with E-state index in [-0.39, 0.29) is 0 Å². The number of hydrogen-bond acceptors (Lipinski definition) is 0. The van der Waals surface area contributed by atoms with Crippen LogP contribution in [0.15, 0.2) is 42.5 Å². The summed E-state index contributed by atoms with van der Waals surface area (Å²) in [6, 6.07) is 8.85. The van der Waals surface area contributed by atoms with Gasteiger partial charge < -0.3 is 0 Å². The van der Waals surface area contributed by atoms with E-state index >= 15 is 0 Å². The van der Waals surface area contributed by atoms with Crippen molar-refractivity contribution in [3.05, 3.63) is 53.6 Å². The van der Waals surface area contributed by atoms with Crippen LogP contribution in [-0.2, 0) is 6.42 Å². The molecule has 0 nitrogen and oxygen atoms in total. The molecule has 0 radical (unpaired) electrons. The number of allylic oxidation sites excluding steroid dienone is 2. The van der Waals surface area contributed by atoms with Gasteiger partial charge in [0.25, 0.3) is 0 Å². The van der Waals surface area contributed by atoms with Crippen LogP contribution in [0.2, 0.25) is 0 Å². The second-order valence-electron chi connectivity index (χ2n) is 4.57. The fraction of sp³-hybridized carbons (Fsp3) is 0.375. The molecule has 0 spiro atoms. The Morgan fingerprint density at radius 3 is 2.44 bits per heavy atom. The van der Waals surface area contributed by atoms with Gasteiger partial charge in [-0.15, -0.1) is 0 Å². The van der Waals surface area contributed by atoms with Gasteiger partial charge in [-0.3, -0.25) is 0 Å². The highest BCUT2D eigenvalue weighted by Gasteiger charge is 2.19. The van der Waals surface area contributed by atoms with Gasteiger partial charge in [0.05, 0.1) is 0 Å². The van der Waals surface area contributed by atoms with E-state index in [1.165, 1.54) is 36.0 Å². The number of rotatable bonds is 4. The summed E-state index contributed by atoms with van der Waals surface area (Å²) in [6.07, 6.45) is 9.48. The smallest absolute Gasteiger partial charge is 0.0162 e. The van der Waals surface area contributed by atoms with Gasteiger partial charge in [0.1, 0.15) is 0 Å². The highest BCUT2D eigenvalue weighted by Crippen LogP contribution is 2.34. The van der Waals surface area contributed by atoms with E-state index in [9.17, 15) is 0 Å². The molecule has 1 fully saturated rings. The van der Waals surface area contributed by atoms with Gasteiger partial charge in [0, 0.05) is 0 Å². The van der Waals surface area contributed by atoms with E-state index in [0.717, 1.165) is 12.3 Å². The Morgan fingerprint density at radius 2 is 2.00 bits per heavy atom. The zero-order chi connectivity index (χ0) is 11.4. The van der Waals surface area contributed by atoms with Crippen LogP contribution in [-0.4, -0.2) is 0 Å². The van der Waals surface area contributed by atoms with Crippen molar-refractivity contribution in [1.82, 2.24) is 0 Å². The molecule has 1 aliphatic carbocycles. The van der Waals surface area contributed by atoms with Crippen molar-refractivity contribution in [3.8, 4) is 0 Å². The van der Waals surface area contributed by atoms with E-state index < -0.39 is 0 Å². The van der Waals surface area contributed by atoms with Gasteiger partial charge >= 0.3 is 0 Å². The molecule has 0 aromatic heterocycles. The number of benzene rings is 1. The summed E-state index contributed by atoms with van der Waals surface area (Å²) in [5.74, 6) is 0.767. The standard InChI is InChI=1S/C16H20/c1-3-13-8-10-14(11-9-13)12-15(4-2)16-6-5-7-16/h4,8-12,16H,2-3,5-7H2,1H3/b15-12-. The maximum Gasteiger partial charge on any atom is -0.0162 e. The Labute approximate surface area is 98.7 Å². The maximum atomic E-state index is 3.93. The van der Waals surface area contributed by atoms with Crippen LogP contribution in [0.5, 0.6) is 0 Å². The monoisotopic (exact) mass is 212 g/mol. The fourth-order valence-electron chi connectivity index (χ4n) is 2.13. The van der Waals surface area contributed by atoms with Gasteiger partial charge in [0.2, 0.25) is 0 Å². The third kappa shape index (κ3) is 2.44. The normalized spacial score (nSPS) is 16.9. The van der Waals surface area contributed by atoms with Crippen molar-refractivity contribution in [2.75, 3.05) is 0 Å². The van der Waals surface area contributed by atoms with Gasteiger partial charge in [-0.2, -0.15) is 0 Å². The third-order valence-electron chi connectivity index (χ3n) is 3.53. The summed E-state index contributed by atoms with van der Waals surface area (Å²) in [6.45, 7) is 6.11. The summed E-state index contributed by atoms with van der Waals surface area (Å²) in [7, 11) is 0. The second kappa shape index (κ2) is 5.16. The van der Waals surface area contributed by atoms with E-state index in [2.05, 4.69) is 43.8 Å². The van der Waals surface area contributed by atoms with Crippen molar-refractivity contribution in [2.45, 2.75) is 32.6 Å². The number of aryl methyl sites for hydroxylation is 1. The minimum absolute atomic E-state index is 0.767. The summed E-state index contributed by atoms with van der Waals surface area (Å²) in [4.78, 5) is 0. The lowest BCUT2D eigenvalue weighted by molar-refractivity contribution is 0.376. The second-order valence-corrected chi connectivity index (χ2v) is 4.57. The first-order chi connectivity index (χ1) is 7.83. The minimum atomic E-state index is 0.767. The molecule has 0 aliphatic heterocycles. The zero-order valence-corrected chi connectivity index (χ0v) is 10.1. The first-order valence-electron chi connectivity index (χ1n) is 6.26. The lowest BCUT2D eigenvalue weighted by atomic mass is 9.79. The van der Waals surface area contributed by atoms with E-state index in [0.29, 0.717) is 0 Å². The van der Waals surface area contributed by atoms with Crippen molar-refractivity contribution in [1.29, 1.82) is 0 Å². The van der Waals surface area contributed by atoms with Gasteiger partial charge in [0.15, 0.2) is 0 Å². The van der Waals surface area contributed by atoms with Crippen LogP contribution >= 0.6 is 0 Å². The van der Waals surface area contributed by atoms with E-state index in [1.807, 2.05) is 6.08 Å². The van der Waals surface area contributed by atoms with Crippen LogP contribution in [0.25, 0.3) is 6.08 Å². The van der Waals surface area contributed by atoms with Crippen molar-refractivity contribution in [3.63, 3.8) is 0 Å². The van der Waals surface area contributed by atoms with Gasteiger partial charge in [-0.05, 0) is 41.9 Å². The molecule has 0 unspecified atom stereocenters. The molecule has 0 atom stereocenters. The molecule has 0 bridgehead atoms. The molecule has 84 valence electrons. The third-order valence-corrected chi connectivity index (χ3v) is 3.53. The molecule has 16 heavy (non-hydrogen) atoms. The topological polar surface area (TPSA) is 0 Å². The molecule has 0 N–H and O–H groups in total. The average molecular weight is 212 g/mol. The molecule has 1 aliphatic rings. The fourth-order valence-corrected chi connectivity index (χ4v) is 2.13. The Balaban J connectivity index is 2.15. The molecule has 2 rings (SSSR count). The van der Waals surface area contributed by atoms with Gasteiger partial charge in [-0.1, -0.05) is 56.3 Å². The van der Waals surface area contributed by atoms with Crippen LogP contribution in [0.4, 0.5) is 0 Å². The molecule has 0 amide bonds. The van der Waals surface area contributed by atoms with Crippen LogP contribution in [0, 0.1) is 5.92 Å². The molecule has 0 heteroatoms. The lowest BCUT2D eigenvalue weighted by Gasteiger charge is -2.26. The van der Waals surface area contributed by atoms with Crippen molar-refractivity contribution < 1.29 is 0 Å². The highest BCUT2D eigenvalue weighted by molar-refractivity contribution is 5.56. The minimum Gasteiger partial charge on any atom is -0.0988 e. The first kappa shape index (κ1) is 11.2. The van der Waals surface area contributed by atoms with E-state index in [4.69, 9.17) is 0 Å². The molecule has 0 heterocycles. The van der Waals surface area contributed by atoms with Gasteiger partial charge in [-0.25, -0.2) is 0 Å². The van der Waals surface area contributed by atoms with Crippen LogP contribution in [0.1, 0.15) is 37.3 Å². The summed E-state index contributed by atoms with van der Waals surface area (Å²) in [5.41, 5.74) is 4.12. The Bertz CT molecular complexity index is 377. The summed E-state index contributed by atoms with van der Waals surface area (Å²) >= 11 is 0. The Kier molecular flexibility index (Phi) is 3.61. The van der Waals surface area contributed by atoms with Crippen LogP contribution < -0.4 is 0 Å². The lowest BCUT2D eigenvalue weighted by Crippen LogP contribution is -2.12. The van der Waals surface area contributed by atoms with Crippen molar-refractivity contribution in [2.24, 2.45) is 5.92 Å². The quantitative estimate of drug-likeness (QED) is 0.639. The highest BCUT2D eigenvalue weighted by atomic mass is 14.2. The zero-order valence-electron chi connectivity index (χ0n) is 10.1. The predicted octanol–water partition coefficient (Wildman–Crippen LogP) is 4.62. The molecule has 1 aromatic carbocycles. The van der Waals surface area contributed by atoms with Crippen molar-refractivity contribution >= 4 is 6.08 Å². The molecule has 1 aromatic rings. The molecule has 0 saturated heterocycles. The maximum absolute atomic E-state index is 3.93. The SMILES string of the molecule is C=C/C(=C/c1ccc(CC)cc1)C1CCC1. The Morgan fingerprint density at radius 1 is 1.31 bits per heavy atom. The predicted molar refractivity (Wildman–Crippen MR) is 71.3 cm³/mol. The first-order valence-corrected chi connectivity index (χ1v) is 6.26. The largest absolute Gasteiger partial charge is 0.0988 e. The van der Waals surface area contributed by atoms with E-state index in [1.54, 1.807) is 0 Å². The van der Waals surface area contributed by atoms with Crippen LogP contribution in [0.3, 0.4) is 0 Å². The molecular weight excluding hydrogens is 192 g/mol. The summed E-state index contributed by atoms with van der Waals surface area (Å²) in [5, 5.41) is 0. The Hall–Kier alpha value is -1.30.